The molecule has 0 bridgehead atoms. The van der Waals surface area contributed by atoms with Crippen LogP contribution in [0.3, 0.4) is 0 Å². The minimum atomic E-state index is -1.15. The van der Waals surface area contributed by atoms with Crippen molar-refractivity contribution in [1.29, 1.82) is 0 Å². The topological polar surface area (TPSA) is 124 Å². The van der Waals surface area contributed by atoms with Gasteiger partial charge in [0.15, 0.2) is 0 Å². The Morgan fingerprint density at radius 2 is 1.97 bits per heavy atom. The number of fused-ring (bicyclic) bond motifs is 1. The van der Waals surface area contributed by atoms with Crippen molar-refractivity contribution in [3.05, 3.63) is 64.9 Å². The quantitative estimate of drug-likeness (QED) is 0.349. The van der Waals surface area contributed by atoms with Crippen molar-refractivity contribution in [2.75, 3.05) is 17.2 Å². The van der Waals surface area contributed by atoms with Crippen LogP contribution in [0.4, 0.5) is 27.5 Å². The van der Waals surface area contributed by atoms with Gasteiger partial charge in [0.2, 0.25) is 5.95 Å². The predicted octanol–water partition coefficient (Wildman–Crippen LogP) is 3.51. The third-order valence-electron chi connectivity index (χ3n) is 5.52. The van der Waals surface area contributed by atoms with Gasteiger partial charge in [-0.05, 0) is 76.1 Å². The maximum atomic E-state index is 14.8. The number of rotatable bonds is 7. The van der Waals surface area contributed by atoms with E-state index in [1.807, 2.05) is 13.8 Å². The van der Waals surface area contributed by atoms with E-state index < -0.39 is 11.4 Å². The number of carbonyl (C=O) groups excluding carboxylic acids is 1. The van der Waals surface area contributed by atoms with E-state index in [4.69, 9.17) is 0 Å². The average Bonchev–Trinajstić information content (AvgIpc) is 2.79. The zero-order valence-corrected chi connectivity index (χ0v) is 20.2. The summed E-state index contributed by atoms with van der Waals surface area (Å²) in [6, 6.07) is 6.58. The second-order valence-electron chi connectivity index (χ2n) is 9.35. The summed E-state index contributed by atoms with van der Waals surface area (Å²) >= 11 is 0. The highest BCUT2D eigenvalue weighted by molar-refractivity contribution is 5.99. The van der Waals surface area contributed by atoms with E-state index in [2.05, 4.69) is 36.2 Å². The van der Waals surface area contributed by atoms with Gasteiger partial charge in [-0.25, -0.2) is 9.37 Å². The Bertz CT molecular complexity index is 1240. The van der Waals surface area contributed by atoms with E-state index in [0.717, 1.165) is 24.1 Å². The number of aromatic nitrogens is 3. The molecule has 0 saturated carbocycles. The molecule has 0 fully saturated rings. The Hall–Kier alpha value is -3.63. The van der Waals surface area contributed by atoms with Gasteiger partial charge in [-0.3, -0.25) is 9.78 Å². The van der Waals surface area contributed by atoms with Crippen molar-refractivity contribution < 1.29 is 14.3 Å². The van der Waals surface area contributed by atoms with E-state index >= 15 is 0 Å². The fraction of sp³-hybridized carbons (Fsp3) is 0.360. The molecule has 1 aromatic carbocycles. The second kappa shape index (κ2) is 9.93. The molecule has 0 saturated heterocycles. The molecule has 1 amide bonds. The molecule has 4 rings (SSSR count). The largest absolute Gasteiger partial charge is 0.384 e. The SMILES string of the molecule is CC(C)NC(=O)c1cnc(Nc2cc3c(cc2F)CNCC3)nc1Nc1ccnc(C(C)(C)O)c1. The van der Waals surface area contributed by atoms with Crippen molar-refractivity contribution in [2.45, 2.75) is 52.3 Å². The molecule has 35 heavy (non-hydrogen) atoms. The summed E-state index contributed by atoms with van der Waals surface area (Å²) in [6.45, 7) is 8.45. The third kappa shape index (κ3) is 5.90. The van der Waals surface area contributed by atoms with Crippen LogP contribution in [-0.4, -0.2) is 38.6 Å². The lowest BCUT2D eigenvalue weighted by molar-refractivity contribution is 0.0739. The highest BCUT2D eigenvalue weighted by atomic mass is 19.1. The first kappa shape index (κ1) is 24.5. The molecular weight excluding hydrogens is 449 g/mol. The van der Waals surface area contributed by atoms with E-state index in [1.54, 1.807) is 38.2 Å². The van der Waals surface area contributed by atoms with E-state index in [0.29, 0.717) is 17.9 Å². The molecule has 9 nitrogen and oxygen atoms in total. The lowest BCUT2D eigenvalue weighted by Crippen LogP contribution is -2.31. The second-order valence-corrected chi connectivity index (χ2v) is 9.35. The van der Waals surface area contributed by atoms with Gasteiger partial charge in [-0.15, -0.1) is 0 Å². The van der Waals surface area contributed by atoms with Gasteiger partial charge in [0.25, 0.3) is 5.91 Å². The van der Waals surface area contributed by atoms with Crippen molar-refractivity contribution in [2.24, 2.45) is 0 Å². The zero-order chi connectivity index (χ0) is 25.2. The summed E-state index contributed by atoms with van der Waals surface area (Å²) < 4.78 is 14.8. The fourth-order valence-corrected chi connectivity index (χ4v) is 3.74. The molecule has 5 N–H and O–H groups in total. The average molecular weight is 480 g/mol. The molecule has 3 heterocycles. The van der Waals surface area contributed by atoms with E-state index in [1.165, 1.54) is 12.3 Å². The molecule has 1 aliphatic rings. The van der Waals surface area contributed by atoms with Crippen LogP contribution in [0, 0.1) is 5.82 Å². The molecule has 0 spiro atoms. The van der Waals surface area contributed by atoms with Crippen LogP contribution in [0.2, 0.25) is 0 Å². The Labute approximate surface area is 203 Å². The van der Waals surface area contributed by atoms with Crippen LogP contribution in [0.15, 0.2) is 36.7 Å². The van der Waals surface area contributed by atoms with Crippen LogP contribution in [0.25, 0.3) is 0 Å². The number of amides is 1. The van der Waals surface area contributed by atoms with Crippen molar-refractivity contribution in [1.82, 2.24) is 25.6 Å². The van der Waals surface area contributed by atoms with Gasteiger partial charge >= 0.3 is 0 Å². The lowest BCUT2D eigenvalue weighted by Gasteiger charge is -2.19. The highest BCUT2D eigenvalue weighted by Gasteiger charge is 2.20. The number of halogens is 1. The number of aliphatic hydroxyl groups is 1. The molecule has 0 atom stereocenters. The van der Waals surface area contributed by atoms with Crippen LogP contribution in [0.5, 0.6) is 0 Å². The number of carbonyl (C=O) groups is 1. The van der Waals surface area contributed by atoms with Crippen molar-refractivity contribution >= 4 is 29.0 Å². The van der Waals surface area contributed by atoms with Crippen molar-refractivity contribution in [3.63, 3.8) is 0 Å². The number of hydrogen-bond donors (Lipinski definition) is 5. The predicted molar refractivity (Wildman–Crippen MR) is 132 cm³/mol. The number of pyridine rings is 1. The molecular formula is C25H30FN7O2. The summed E-state index contributed by atoms with van der Waals surface area (Å²) in [5.41, 5.74) is 2.37. The maximum Gasteiger partial charge on any atom is 0.256 e. The van der Waals surface area contributed by atoms with Crippen LogP contribution >= 0.6 is 0 Å². The summed E-state index contributed by atoms with van der Waals surface area (Å²) in [5, 5.41) is 22.5. The Morgan fingerprint density at radius 3 is 2.71 bits per heavy atom. The molecule has 0 unspecified atom stereocenters. The van der Waals surface area contributed by atoms with Gasteiger partial charge in [-0.1, -0.05) is 0 Å². The molecule has 1 aliphatic heterocycles. The minimum Gasteiger partial charge on any atom is -0.384 e. The molecule has 184 valence electrons. The standard InChI is InChI=1S/C25H30FN7O2/c1-14(2)30-23(34)18-13-29-24(32-20-10-15-5-7-27-12-16(15)9-19(20)26)33-22(18)31-17-6-8-28-21(11-17)25(3,4)35/h6,8-11,13-14,27,35H,5,7,12H2,1-4H3,(H,30,34)(H2,28,29,31,32,33). The fourth-order valence-electron chi connectivity index (χ4n) is 3.74. The van der Waals surface area contributed by atoms with Gasteiger partial charge in [0, 0.05) is 30.7 Å². The number of hydrogen-bond acceptors (Lipinski definition) is 8. The van der Waals surface area contributed by atoms with Gasteiger partial charge in [0.05, 0.1) is 11.4 Å². The first-order chi connectivity index (χ1) is 16.6. The number of anilines is 4. The van der Waals surface area contributed by atoms with Crippen LogP contribution in [-0.2, 0) is 18.6 Å². The van der Waals surface area contributed by atoms with Crippen LogP contribution in [0.1, 0.15) is 54.9 Å². The zero-order valence-electron chi connectivity index (χ0n) is 20.2. The first-order valence-corrected chi connectivity index (χ1v) is 11.5. The summed E-state index contributed by atoms with van der Waals surface area (Å²) in [7, 11) is 0. The summed E-state index contributed by atoms with van der Waals surface area (Å²) in [6.07, 6.45) is 3.76. The molecule has 0 aliphatic carbocycles. The Morgan fingerprint density at radius 1 is 1.17 bits per heavy atom. The number of nitrogens with one attached hydrogen (secondary N) is 4. The summed E-state index contributed by atoms with van der Waals surface area (Å²) in [4.78, 5) is 25.8. The van der Waals surface area contributed by atoms with Crippen molar-refractivity contribution in [3.8, 4) is 0 Å². The first-order valence-electron chi connectivity index (χ1n) is 11.5. The Kier molecular flexibility index (Phi) is 6.95. The molecule has 3 aromatic rings. The van der Waals surface area contributed by atoms with E-state index in [9.17, 15) is 14.3 Å². The molecule has 2 aromatic heterocycles. The van der Waals surface area contributed by atoms with Gasteiger partial charge in [0.1, 0.15) is 22.8 Å². The normalized spacial score (nSPS) is 13.3. The minimum absolute atomic E-state index is 0.0880. The lowest BCUT2D eigenvalue weighted by atomic mass is 10.00. The maximum absolute atomic E-state index is 14.8. The van der Waals surface area contributed by atoms with E-state index in [-0.39, 0.29) is 35.0 Å². The van der Waals surface area contributed by atoms with Gasteiger partial charge in [-0.2, -0.15) is 4.98 Å². The molecule has 10 heteroatoms. The van der Waals surface area contributed by atoms with Crippen LogP contribution < -0.4 is 21.3 Å². The third-order valence-corrected chi connectivity index (χ3v) is 5.52. The number of nitrogens with zero attached hydrogens (tertiary/aromatic N) is 3. The monoisotopic (exact) mass is 479 g/mol. The highest BCUT2D eigenvalue weighted by Crippen LogP contribution is 2.27. The summed E-state index contributed by atoms with van der Waals surface area (Å²) in [5.74, 6) is -0.385. The van der Waals surface area contributed by atoms with Gasteiger partial charge < -0.3 is 26.4 Å². The smallest absolute Gasteiger partial charge is 0.256 e. The Balaban J connectivity index is 1.68. The molecule has 0 radical (unpaired) electrons. The number of benzene rings is 1.